The van der Waals surface area contributed by atoms with Gasteiger partial charge in [0, 0.05) is 5.10 Å². The highest BCUT2D eigenvalue weighted by molar-refractivity contribution is 7.50. The average molecular weight is 151 g/mol. The summed E-state index contributed by atoms with van der Waals surface area (Å²) in [6.07, 6.45) is 0. The molecule has 0 aliphatic rings. The van der Waals surface area contributed by atoms with Crippen molar-refractivity contribution in [1.82, 2.24) is 10.2 Å². The van der Waals surface area contributed by atoms with Gasteiger partial charge < -0.3 is 12.8 Å². The van der Waals surface area contributed by atoms with Crippen molar-refractivity contribution in [1.29, 1.82) is 0 Å². The maximum Gasteiger partial charge on any atom is 0.160 e. The molecule has 2 rings (SSSR count). The molecule has 0 saturated carbocycles. The molecule has 0 unspecified atom stereocenters. The molecule has 0 bridgehead atoms. The molecule has 1 heterocycles. The Bertz CT molecular complexity index is 322. The fourth-order valence-electron chi connectivity index (χ4n) is 0.881. The normalized spacial score (nSPS) is 10.4. The molecule has 0 radical (unpaired) electrons. The molecule has 0 spiro atoms. The van der Waals surface area contributed by atoms with E-state index >= 15 is 0 Å². The number of H-pyrrole nitrogens is 1. The van der Waals surface area contributed by atoms with Crippen LogP contribution in [0.4, 0.5) is 0 Å². The van der Waals surface area contributed by atoms with Crippen LogP contribution in [0.2, 0.25) is 0 Å². The molecule has 4 heteroatoms. The fraction of sp³-hybridized carbons (Fsp3) is 0. The predicted molar refractivity (Wildman–Crippen MR) is 39.1 cm³/mol. The summed E-state index contributed by atoms with van der Waals surface area (Å²) in [7, 11) is 0. The number of rotatable bonds is 0. The second-order valence-electron chi connectivity index (χ2n) is 2.00. The van der Waals surface area contributed by atoms with Crippen LogP contribution >= 0.6 is 0 Å². The third-order valence-corrected chi connectivity index (χ3v) is 1.49. The van der Waals surface area contributed by atoms with E-state index < -0.39 is 0 Å². The van der Waals surface area contributed by atoms with E-state index in [1.807, 2.05) is 24.3 Å². The van der Waals surface area contributed by atoms with Crippen molar-refractivity contribution < 1.29 is 4.20 Å². The van der Waals surface area contributed by atoms with Crippen LogP contribution < -0.4 is 4.20 Å². The van der Waals surface area contributed by atoms with E-state index in [0.29, 0.717) is 0 Å². The number of hydrogen-bond donors (Lipinski definition) is 1. The Morgan fingerprint density at radius 2 is 2.20 bits per heavy atom. The molecule has 0 atom stereocenters. The minimum atomic E-state index is 0.900. The van der Waals surface area contributed by atoms with Crippen LogP contribution in [-0.4, -0.2) is 10.2 Å². The van der Waals surface area contributed by atoms with Gasteiger partial charge in [0.25, 0.3) is 0 Å². The summed E-state index contributed by atoms with van der Waals surface area (Å²) in [4.78, 5) is 0. The molecular weight excluding hydrogens is 146 g/mol. The topological polar surface area (TPSA) is 32.6 Å². The van der Waals surface area contributed by atoms with Crippen LogP contribution in [0.1, 0.15) is 0 Å². The van der Waals surface area contributed by atoms with Crippen molar-refractivity contribution in [2.24, 2.45) is 0 Å². The molecule has 0 fully saturated rings. The van der Waals surface area contributed by atoms with Crippen LogP contribution in [0.3, 0.4) is 0 Å². The van der Waals surface area contributed by atoms with Crippen molar-refractivity contribution in [3.05, 3.63) is 24.3 Å². The molecule has 0 saturated heterocycles. The van der Waals surface area contributed by atoms with Gasteiger partial charge in [-0.3, -0.25) is 0 Å². The molecule has 1 N–H and O–H groups in total. The van der Waals surface area contributed by atoms with E-state index in [9.17, 15) is 0 Å². The molecule has 1 aromatic carbocycles. The van der Waals surface area contributed by atoms with Crippen LogP contribution in [0.15, 0.2) is 24.3 Å². The van der Waals surface area contributed by atoms with Crippen molar-refractivity contribution in [2.45, 2.75) is 0 Å². The van der Waals surface area contributed by atoms with Gasteiger partial charge in [0.05, 0.1) is 0 Å². The number of fused-ring (bicyclic) bond motifs is 1. The summed E-state index contributed by atoms with van der Waals surface area (Å²) < 4.78 is 1.28. The van der Waals surface area contributed by atoms with Crippen LogP contribution in [0.25, 0.3) is 11.0 Å². The maximum atomic E-state index is 4.76. The number of benzene rings is 1. The lowest BCUT2D eigenvalue weighted by Gasteiger charge is -1.78. The van der Waals surface area contributed by atoms with Crippen molar-refractivity contribution in [3.8, 4) is 0 Å². The van der Waals surface area contributed by atoms with E-state index in [-0.39, 0.29) is 0 Å². The van der Waals surface area contributed by atoms with Gasteiger partial charge in [-0.2, -0.15) is 5.10 Å². The summed E-state index contributed by atoms with van der Waals surface area (Å²) in [5.41, 5.74) is 1.87. The Hall–Kier alpha value is -1.16. The number of para-hydroxylation sites is 1. The Morgan fingerprint density at radius 3 is 3.00 bits per heavy atom. The van der Waals surface area contributed by atoms with Crippen LogP contribution in [-0.2, 0) is 12.8 Å². The quantitative estimate of drug-likeness (QED) is 0.430. The smallest absolute Gasteiger partial charge is 0.160 e. The number of aromatic amines is 1. The van der Waals surface area contributed by atoms with E-state index in [0.717, 1.165) is 11.0 Å². The number of hydrogen-bond acceptors (Lipinski definition) is 2. The van der Waals surface area contributed by atoms with Crippen LogP contribution in [0.5, 0.6) is 0 Å². The summed E-state index contributed by atoms with van der Waals surface area (Å²) in [5.74, 6) is 0. The first kappa shape index (κ1) is 5.61. The molecule has 2 aromatic rings. The van der Waals surface area contributed by atoms with Gasteiger partial charge in [0.15, 0.2) is 5.52 Å². The van der Waals surface area contributed by atoms with Gasteiger partial charge in [-0.1, -0.05) is 12.1 Å². The van der Waals surface area contributed by atoms with E-state index in [2.05, 4.69) is 10.2 Å². The first-order chi connectivity index (χ1) is 4.86. The third-order valence-electron chi connectivity index (χ3n) is 1.32. The van der Waals surface area contributed by atoms with Crippen molar-refractivity contribution in [2.75, 3.05) is 0 Å². The monoisotopic (exact) mass is 151 g/mol. The maximum absolute atomic E-state index is 4.76. The zero-order valence-electron chi connectivity index (χ0n) is 5.11. The summed E-state index contributed by atoms with van der Waals surface area (Å²) >= 11 is 4.76. The largest absolute Gasteiger partial charge is 0.361 e. The molecular formula is C6H5N3S. The Balaban J connectivity index is 2.88. The highest BCUT2D eigenvalue weighted by atomic mass is 32.1. The second kappa shape index (κ2) is 1.91. The van der Waals surface area contributed by atoms with Gasteiger partial charge in [-0.15, -0.1) is 4.20 Å². The molecule has 0 aliphatic carbocycles. The molecule has 3 nitrogen and oxygen atoms in total. The number of nitrogens with one attached hydrogen (secondary N) is 1. The SMILES string of the molecule is [S-][n+]1nc2ccccc2[nH]1. The number of aromatic nitrogens is 3. The molecule has 0 amide bonds. The van der Waals surface area contributed by atoms with Gasteiger partial charge in [-0.05, 0) is 12.1 Å². The van der Waals surface area contributed by atoms with Gasteiger partial charge in [-0.25, -0.2) is 0 Å². The lowest BCUT2D eigenvalue weighted by Crippen LogP contribution is -2.31. The predicted octanol–water partition coefficient (Wildman–Crippen LogP) is 0.160. The Morgan fingerprint density at radius 1 is 1.40 bits per heavy atom. The first-order valence-corrected chi connectivity index (χ1v) is 3.27. The van der Waals surface area contributed by atoms with E-state index in [4.69, 9.17) is 12.8 Å². The molecule has 50 valence electrons. The van der Waals surface area contributed by atoms with E-state index in [1.54, 1.807) is 0 Å². The Kier molecular flexibility index (Phi) is 1.07. The van der Waals surface area contributed by atoms with Gasteiger partial charge >= 0.3 is 0 Å². The Labute approximate surface area is 63.2 Å². The van der Waals surface area contributed by atoms with Crippen molar-refractivity contribution in [3.63, 3.8) is 0 Å². The standard InChI is InChI=1S/C6H5N3S/c10-9-7-5-3-1-2-4-6(5)8-9/h1-4H,(H,7,8). The zero-order chi connectivity index (χ0) is 6.97. The minimum absolute atomic E-state index is 0.900. The zero-order valence-corrected chi connectivity index (χ0v) is 5.93. The van der Waals surface area contributed by atoms with Gasteiger partial charge in [0.1, 0.15) is 5.52 Å². The average Bonchev–Trinajstić information content (AvgIpc) is 2.27. The van der Waals surface area contributed by atoms with Gasteiger partial charge in [0.2, 0.25) is 0 Å². The first-order valence-electron chi connectivity index (χ1n) is 2.91. The third kappa shape index (κ3) is 0.733. The summed E-state index contributed by atoms with van der Waals surface area (Å²) in [5, 5.41) is 6.87. The fourth-order valence-corrected chi connectivity index (χ4v) is 1.07. The van der Waals surface area contributed by atoms with E-state index in [1.165, 1.54) is 4.20 Å². The number of nitrogens with zero attached hydrogens (tertiary/aromatic N) is 2. The lowest BCUT2D eigenvalue weighted by atomic mass is 10.3. The summed E-state index contributed by atoms with van der Waals surface area (Å²) in [6.45, 7) is 0. The summed E-state index contributed by atoms with van der Waals surface area (Å²) in [6, 6.07) is 7.72. The molecule has 10 heavy (non-hydrogen) atoms. The minimum Gasteiger partial charge on any atom is -0.361 e. The highest BCUT2D eigenvalue weighted by Crippen LogP contribution is 2.02. The highest BCUT2D eigenvalue weighted by Gasteiger charge is 1.97. The van der Waals surface area contributed by atoms with Crippen molar-refractivity contribution >= 4 is 23.8 Å². The van der Waals surface area contributed by atoms with Crippen LogP contribution in [0, 0.1) is 0 Å². The molecule has 0 aliphatic heterocycles. The lowest BCUT2D eigenvalue weighted by molar-refractivity contribution is -0.618. The second-order valence-corrected chi connectivity index (χ2v) is 2.35. The molecule has 1 aromatic heterocycles.